The number of carbonyl (C=O) groups excluding carboxylic acids is 1. The molecule has 0 atom stereocenters. The Labute approximate surface area is 133 Å². The molecule has 21 heavy (non-hydrogen) atoms. The number of carbonyl (C=O) groups is 1. The van der Waals surface area contributed by atoms with E-state index in [1.807, 2.05) is 32.0 Å². The van der Waals surface area contributed by atoms with Crippen LogP contribution in [0.15, 0.2) is 24.4 Å². The van der Waals surface area contributed by atoms with E-state index in [1.54, 1.807) is 6.20 Å². The number of anilines is 1. The highest BCUT2D eigenvalue weighted by Gasteiger charge is 2.05. The van der Waals surface area contributed by atoms with Gasteiger partial charge in [-0.15, -0.1) is 11.3 Å². The van der Waals surface area contributed by atoms with Crippen molar-refractivity contribution >= 4 is 34.0 Å². The molecule has 4 nitrogen and oxygen atoms in total. The number of nitrogens with zero attached hydrogens (tertiary/aromatic N) is 1. The number of thiazole rings is 1. The Hall–Kier alpha value is -1.59. The van der Waals surface area contributed by atoms with Crippen LogP contribution >= 0.6 is 22.9 Å². The van der Waals surface area contributed by atoms with Crippen molar-refractivity contribution in [3.8, 4) is 5.75 Å². The molecule has 1 aromatic heterocycles. The SMILES string of the molecule is Cc1cnc(NC(=O)CCCOc2ccc(Cl)c(C)c2)s1. The Morgan fingerprint density at radius 3 is 2.90 bits per heavy atom. The molecule has 0 radical (unpaired) electrons. The van der Waals surface area contributed by atoms with E-state index in [0.717, 1.165) is 21.2 Å². The van der Waals surface area contributed by atoms with E-state index >= 15 is 0 Å². The van der Waals surface area contributed by atoms with Gasteiger partial charge in [-0.1, -0.05) is 11.6 Å². The molecule has 112 valence electrons. The van der Waals surface area contributed by atoms with Gasteiger partial charge in [0.15, 0.2) is 5.13 Å². The van der Waals surface area contributed by atoms with Gasteiger partial charge in [-0.25, -0.2) is 4.98 Å². The summed E-state index contributed by atoms with van der Waals surface area (Å²) in [6.07, 6.45) is 2.80. The number of ether oxygens (including phenoxy) is 1. The lowest BCUT2D eigenvalue weighted by Crippen LogP contribution is -2.12. The number of hydrogen-bond acceptors (Lipinski definition) is 4. The summed E-state index contributed by atoms with van der Waals surface area (Å²) in [6.45, 7) is 4.37. The zero-order chi connectivity index (χ0) is 15.2. The third-order valence-corrected chi connectivity index (χ3v) is 4.07. The number of amides is 1. The van der Waals surface area contributed by atoms with Gasteiger partial charge in [0.1, 0.15) is 5.75 Å². The molecular formula is C15H17ClN2O2S. The van der Waals surface area contributed by atoms with Crippen LogP contribution in [-0.4, -0.2) is 17.5 Å². The number of rotatable bonds is 6. The predicted molar refractivity (Wildman–Crippen MR) is 86.4 cm³/mol. The van der Waals surface area contributed by atoms with Gasteiger partial charge in [0.2, 0.25) is 5.91 Å². The molecule has 0 aliphatic heterocycles. The molecule has 2 aromatic rings. The van der Waals surface area contributed by atoms with Gasteiger partial charge in [0, 0.05) is 22.5 Å². The number of aryl methyl sites for hydroxylation is 2. The minimum atomic E-state index is -0.0414. The lowest BCUT2D eigenvalue weighted by atomic mass is 10.2. The van der Waals surface area contributed by atoms with Crippen LogP contribution in [0.3, 0.4) is 0 Å². The normalized spacial score (nSPS) is 10.4. The topological polar surface area (TPSA) is 51.2 Å². The van der Waals surface area contributed by atoms with Gasteiger partial charge in [0.25, 0.3) is 0 Å². The van der Waals surface area contributed by atoms with Crippen molar-refractivity contribution in [3.63, 3.8) is 0 Å². The molecule has 2 rings (SSSR count). The Kier molecular flexibility index (Phi) is 5.59. The van der Waals surface area contributed by atoms with Crippen LogP contribution in [0.5, 0.6) is 5.75 Å². The minimum absolute atomic E-state index is 0.0414. The summed E-state index contributed by atoms with van der Waals surface area (Å²) in [5.74, 6) is 0.730. The summed E-state index contributed by atoms with van der Waals surface area (Å²) >= 11 is 7.42. The van der Waals surface area contributed by atoms with Crippen molar-refractivity contribution in [3.05, 3.63) is 39.9 Å². The van der Waals surface area contributed by atoms with Crippen LogP contribution in [0.4, 0.5) is 5.13 Å². The fourth-order valence-corrected chi connectivity index (χ4v) is 2.52. The standard InChI is InChI=1S/C15H17ClN2O2S/c1-10-8-12(5-6-13(10)16)20-7-3-4-14(19)18-15-17-9-11(2)21-15/h5-6,8-9H,3-4,7H2,1-2H3,(H,17,18,19). The molecule has 0 saturated carbocycles. The van der Waals surface area contributed by atoms with Crippen molar-refractivity contribution in [2.45, 2.75) is 26.7 Å². The molecule has 1 aromatic carbocycles. The van der Waals surface area contributed by atoms with E-state index < -0.39 is 0 Å². The fraction of sp³-hybridized carbons (Fsp3) is 0.333. The quantitative estimate of drug-likeness (QED) is 0.810. The first-order valence-electron chi connectivity index (χ1n) is 6.66. The van der Waals surface area contributed by atoms with Crippen molar-refractivity contribution in [1.82, 2.24) is 4.98 Å². The van der Waals surface area contributed by atoms with Crippen LogP contribution in [0, 0.1) is 13.8 Å². The molecule has 6 heteroatoms. The minimum Gasteiger partial charge on any atom is -0.494 e. The van der Waals surface area contributed by atoms with Crippen LogP contribution in [0.1, 0.15) is 23.3 Å². The van der Waals surface area contributed by atoms with Crippen LogP contribution in [-0.2, 0) is 4.79 Å². The number of halogens is 1. The molecule has 1 N–H and O–H groups in total. The third-order valence-electron chi connectivity index (χ3n) is 2.81. The highest BCUT2D eigenvalue weighted by molar-refractivity contribution is 7.15. The average molecular weight is 325 g/mol. The van der Waals surface area contributed by atoms with Gasteiger partial charge < -0.3 is 10.1 Å². The lowest BCUT2D eigenvalue weighted by molar-refractivity contribution is -0.116. The van der Waals surface area contributed by atoms with E-state index in [9.17, 15) is 4.79 Å². The van der Waals surface area contributed by atoms with Crippen molar-refractivity contribution < 1.29 is 9.53 Å². The van der Waals surface area contributed by atoms with E-state index in [-0.39, 0.29) is 5.91 Å². The summed E-state index contributed by atoms with van der Waals surface area (Å²) in [5, 5.41) is 4.14. The zero-order valence-corrected chi connectivity index (χ0v) is 13.6. The average Bonchev–Trinajstić information content (AvgIpc) is 2.84. The largest absolute Gasteiger partial charge is 0.494 e. The molecular weight excluding hydrogens is 308 g/mol. The van der Waals surface area contributed by atoms with Gasteiger partial charge in [-0.2, -0.15) is 0 Å². The highest BCUT2D eigenvalue weighted by Crippen LogP contribution is 2.21. The van der Waals surface area contributed by atoms with E-state index in [4.69, 9.17) is 16.3 Å². The first-order chi connectivity index (χ1) is 10.0. The third kappa shape index (κ3) is 5.02. The molecule has 1 amide bonds. The molecule has 1 heterocycles. The monoisotopic (exact) mass is 324 g/mol. The molecule has 0 fully saturated rings. The second kappa shape index (κ2) is 7.43. The van der Waals surface area contributed by atoms with Gasteiger partial charge in [0.05, 0.1) is 6.61 Å². The van der Waals surface area contributed by atoms with Crippen molar-refractivity contribution in [2.24, 2.45) is 0 Å². The van der Waals surface area contributed by atoms with E-state index in [1.165, 1.54) is 11.3 Å². The summed E-state index contributed by atoms with van der Waals surface area (Å²) in [6, 6.07) is 5.53. The number of hydrogen-bond donors (Lipinski definition) is 1. The molecule has 0 saturated heterocycles. The first-order valence-corrected chi connectivity index (χ1v) is 7.85. The lowest BCUT2D eigenvalue weighted by Gasteiger charge is -2.07. The van der Waals surface area contributed by atoms with Crippen LogP contribution in [0.25, 0.3) is 0 Å². The smallest absolute Gasteiger partial charge is 0.226 e. The Bertz CT molecular complexity index is 628. The Morgan fingerprint density at radius 2 is 2.24 bits per heavy atom. The number of aromatic nitrogens is 1. The Balaban J connectivity index is 1.69. The summed E-state index contributed by atoms with van der Waals surface area (Å²) < 4.78 is 5.59. The van der Waals surface area contributed by atoms with Gasteiger partial charge in [-0.05, 0) is 44.0 Å². The van der Waals surface area contributed by atoms with Crippen LogP contribution < -0.4 is 10.1 Å². The zero-order valence-electron chi connectivity index (χ0n) is 12.0. The molecule has 0 aliphatic carbocycles. The van der Waals surface area contributed by atoms with Gasteiger partial charge in [-0.3, -0.25) is 4.79 Å². The highest BCUT2D eigenvalue weighted by atomic mass is 35.5. The maximum absolute atomic E-state index is 11.7. The molecule has 0 unspecified atom stereocenters. The summed E-state index contributed by atoms with van der Waals surface area (Å²) in [5.41, 5.74) is 0.978. The van der Waals surface area contributed by atoms with E-state index in [0.29, 0.717) is 24.6 Å². The van der Waals surface area contributed by atoms with Crippen molar-refractivity contribution in [1.29, 1.82) is 0 Å². The molecule has 0 aliphatic rings. The maximum atomic E-state index is 11.7. The second-order valence-electron chi connectivity index (χ2n) is 4.69. The maximum Gasteiger partial charge on any atom is 0.226 e. The second-order valence-corrected chi connectivity index (χ2v) is 6.33. The number of benzene rings is 1. The Morgan fingerprint density at radius 1 is 1.43 bits per heavy atom. The van der Waals surface area contributed by atoms with E-state index in [2.05, 4.69) is 10.3 Å². The first kappa shape index (κ1) is 15.8. The molecule has 0 spiro atoms. The summed E-state index contributed by atoms with van der Waals surface area (Å²) in [4.78, 5) is 16.9. The van der Waals surface area contributed by atoms with Crippen LogP contribution in [0.2, 0.25) is 5.02 Å². The van der Waals surface area contributed by atoms with Crippen molar-refractivity contribution in [2.75, 3.05) is 11.9 Å². The summed E-state index contributed by atoms with van der Waals surface area (Å²) in [7, 11) is 0. The number of nitrogens with one attached hydrogen (secondary N) is 1. The molecule has 0 bridgehead atoms. The predicted octanol–water partition coefficient (Wildman–Crippen LogP) is 4.21. The fourth-order valence-electron chi connectivity index (χ4n) is 1.72. The van der Waals surface area contributed by atoms with Gasteiger partial charge >= 0.3 is 0 Å².